The summed E-state index contributed by atoms with van der Waals surface area (Å²) in [6.07, 6.45) is 0. The highest BCUT2D eigenvalue weighted by molar-refractivity contribution is 6.29. The topological polar surface area (TPSA) is 51.6 Å². The lowest BCUT2D eigenvalue weighted by molar-refractivity contribution is 0.969. The third-order valence-electron chi connectivity index (χ3n) is 1.59. The van der Waals surface area contributed by atoms with Gasteiger partial charge in [-0.15, -0.1) is 21.8 Å². The molecule has 2 rings (SSSR count). The van der Waals surface area contributed by atoms with E-state index in [2.05, 4.69) is 20.4 Å². The van der Waals surface area contributed by atoms with E-state index in [1.165, 1.54) is 0 Å². The molecule has 0 aliphatic carbocycles. The second-order valence-electron chi connectivity index (χ2n) is 2.98. The quantitative estimate of drug-likeness (QED) is 0.756. The number of rotatable bonds is 1. The van der Waals surface area contributed by atoms with Crippen molar-refractivity contribution in [1.82, 2.24) is 20.4 Å². The van der Waals surface area contributed by atoms with Gasteiger partial charge in [-0.25, -0.2) is 0 Å². The first-order chi connectivity index (χ1) is 8.11. The van der Waals surface area contributed by atoms with E-state index in [4.69, 9.17) is 34.8 Å². The summed E-state index contributed by atoms with van der Waals surface area (Å²) in [5.74, 6) is 0.379. The van der Waals surface area contributed by atoms with Crippen molar-refractivity contribution >= 4 is 34.8 Å². The lowest BCUT2D eigenvalue weighted by Crippen LogP contribution is -1.87. The fourth-order valence-electron chi connectivity index (χ4n) is 0.798. The molecule has 0 amide bonds. The fourth-order valence-corrected chi connectivity index (χ4v) is 1.14. The van der Waals surface area contributed by atoms with Crippen molar-refractivity contribution < 1.29 is 0 Å². The van der Waals surface area contributed by atoms with E-state index in [9.17, 15) is 0 Å². The van der Waals surface area contributed by atoms with Gasteiger partial charge in [0.15, 0.2) is 10.3 Å². The van der Waals surface area contributed by atoms with Gasteiger partial charge < -0.3 is 0 Å². The fraction of sp³-hybridized carbons (Fsp3) is 0.200. The molecule has 0 fully saturated rings. The van der Waals surface area contributed by atoms with Gasteiger partial charge in [0.25, 0.3) is 0 Å². The first-order valence-corrected chi connectivity index (χ1v) is 5.91. The molecule has 0 aliphatic heterocycles. The number of halogens is 3. The highest BCUT2D eigenvalue weighted by Crippen LogP contribution is 2.03. The van der Waals surface area contributed by atoms with E-state index in [0.717, 1.165) is 11.4 Å². The molecule has 0 saturated heterocycles. The third kappa shape index (κ3) is 5.77. The van der Waals surface area contributed by atoms with Crippen molar-refractivity contribution in [3.05, 3.63) is 46.0 Å². The number of aromatic nitrogens is 4. The predicted octanol–water partition coefficient (Wildman–Crippen LogP) is 3.31. The minimum Gasteiger partial charge on any atom is -0.154 e. The summed E-state index contributed by atoms with van der Waals surface area (Å²) in [7, 11) is 0. The molecule has 0 atom stereocenters. The van der Waals surface area contributed by atoms with Gasteiger partial charge >= 0.3 is 0 Å². The number of aryl methyl sites for hydroxylation is 1. The number of hydrogen-bond acceptors (Lipinski definition) is 4. The van der Waals surface area contributed by atoms with Crippen LogP contribution >= 0.6 is 34.8 Å². The van der Waals surface area contributed by atoms with Gasteiger partial charge in [0.1, 0.15) is 0 Å². The lowest BCUT2D eigenvalue weighted by atomic mass is 10.4. The van der Waals surface area contributed by atoms with Crippen LogP contribution in [0.4, 0.5) is 0 Å². The van der Waals surface area contributed by atoms with Crippen molar-refractivity contribution in [3.8, 4) is 0 Å². The van der Waals surface area contributed by atoms with Crippen LogP contribution in [-0.4, -0.2) is 20.4 Å². The number of hydrogen-bond donors (Lipinski definition) is 0. The van der Waals surface area contributed by atoms with Crippen LogP contribution in [0.25, 0.3) is 0 Å². The first-order valence-electron chi connectivity index (χ1n) is 4.61. The minimum atomic E-state index is 0.379. The Kier molecular flexibility index (Phi) is 6.11. The SMILES string of the molecule is Cc1ccc(Cl)nn1.ClCc1ccc(Cl)nn1. The maximum Gasteiger partial charge on any atom is 0.151 e. The summed E-state index contributed by atoms with van der Waals surface area (Å²) < 4.78 is 0. The molecule has 0 aromatic carbocycles. The molecule has 2 aromatic rings. The summed E-state index contributed by atoms with van der Waals surface area (Å²) >= 11 is 16.3. The Morgan fingerprint density at radius 2 is 1.47 bits per heavy atom. The standard InChI is InChI=1S/C5H4Cl2N2.C5H5ClN2/c6-3-4-1-2-5(7)9-8-4;1-4-2-3-5(6)8-7-4/h1-2H,3H2;2-3H,1H3. The zero-order chi connectivity index (χ0) is 12.7. The van der Waals surface area contributed by atoms with Gasteiger partial charge in [-0.05, 0) is 31.2 Å². The van der Waals surface area contributed by atoms with Crippen LogP contribution in [0.15, 0.2) is 24.3 Å². The Morgan fingerprint density at radius 3 is 1.82 bits per heavy atom. The van der Waals surface area contributed by atoms with Crippen molar-refractivity contribution in [3.63, 3.8) is 0 Å². The first kappa shape index (κ1) is 14.1. The molecule has 0 unspecified atom stereocenters. The summed E-state index contributed by atoms with van der Waals surface area (Å²) in [5, 5.41) is 15.4. The third-order valence-corrected chi connectivity index (χ3v) is 2.27. The van der Waals surface area contributed by atoms with Gasteiger partial charge in [-0.2, -0.15) is 10.2 Å². The molecule has 2 aromatic heterocycles. The number of nitrogens with zero attached hydrogens (tertiary/aromatic N) is 4. The van der Waals surface area contributed by atoms with Gasteiger partial charge in [-0.3, -0.25) is 0 Å². The molecule has 90 valence electrons. The van der Waals surface area contributed by atoms with Gasteiger partial charge in [0.05, 0.1) is 17.3 Å². The molecule has 0 aliphatic rings. The van der Waals surface area contributed by atoms with E-state index in [1.807, 2.05) is 13.0 Å². The van der Waals surface area contributed by atoms with E-state index in [-0.39, 0.29) is 0 Å². The molecule has 2 heterocycles. The van der Waals surface area contributed by atoms with Gasteiger partial charge in [-0.1, -0.05) is 23.2 Å². The van der Waals surface area contributed by atoms with Crippen molar-refractivity contribution in [1.29, 1.82) is 0 Å². The Morgan fingerprint density at radius 1 is 0.882 bits per heavy atom. The van der Waals surface area contributed by atoms with Crippen LogP contribution in [-0.2, 0) is 5.88 Å². The largest absolute Gasteiger partial charge is 0.154 e. The minimum absolute atomic E-state index is 0.379. The van der Waals surface area contributed by atoms with Crippen LogP contribution in [0.3, 0.4) is 0 Å². The molecular weight excluding hydrogens is 282 g/mol. The lowest BCUT2D eigenvalue weighted by Gasteiger charge is -1.89. The smallest absolute Gasteiger partial charge is 0.151 e. The van der Waals surface area contributed by atoms with Gasteiger partial charge in [0, 0.05) is 0 Å². The van der Waals surface area contributed by atoms with E-state index in [0.29, 0.717) is 16.2 Å². The average Bonchev–Trinajstić information content (AvgIpc) is 2.35. The summed E-state index contributed by atoms with van der Waals surface area (Å²) in [5.41, 5.74) is 1.62. The Hall–Kier alpha value is -0.970. The predicted molar refractivity (Wildman–Crippen MR) is 68.4 cm³/mol. The average molecular weight is 292 g/mol. The zero-order valence-corrected chi connectivity index (χ0v) is 11.2. The molecule has 0 radical (unpaired) electrons. The number of alkyl halides is 1. The van der Waals surface area contributed by atoms with Crippen molar-refractivity contribution in [2.45, 2.75) is 12.8 Å². The van der Waals surface area contributed by atoms with E-state index in [1.54, 1.807) is 18.2 Å². The molecule has 4 nitrogen and oxygen atoms in total. The van der Waals surface area contributed by atoms with Gasteiger partial charge in [0.2, 0.25) is 0 Å². The van der Waals surface area contributed by atoms with Crippen LogP contribution in [0.5, 0.6) is 0 Å². The normalized spacial score (nSPS) is 9.41. The maximum atomic E-state index is 5.45. The molecule has 0 bridgehead atoms. The van der Waals surface area contributed by atoms with Crippen LogP contribution in [0.2, 0.25) is 10.3 Å². The highest BCUT2D eigenvalue weighted by atomic mass is 35.5. The summed E-state index contributed by atoms with van der Waals surface area (Å²) in [6, 6.07) is 6.92. The second-order valence-corrected chi connectivity index (χ2v) is 4.02. The van der Waals surface area contributed by atoms with Crippen LogP contribution < -0.4 is 0 Å². The maximum absolute atomic E-state index is 5.45. The van der Waals surface area contributed by atoms with E-state index < -0.39 is 0 Å². The molecule has 17 heavy (non-hydrogen) atoms. The highest BCUT2D eigenvalue weighted by Gasteiger charge is 1.90. The Balaban J connectivity index is 0.000000171. The molecule has 0 spiro atoms. The molecule has 0 saturated carbocycles. The zero-order valence-electron chi connectivity index (χ0n) is 8.94. The Labute approximate surface area is 114 Å². The van der Waals surface area contributed by atoms with E-state index >= 15 is 0 Å². The summed E-state index contributed by atoms with van der Waals surface area (Å²) in [6.45, 7) is 1.86. The summed E-state index contributed by atoms with van der Waals surface area (Å²) in [4.78, 5) is 0. The monoisotopic (exact) mass is 290 g/mol. The van der Waals surface area contributed by atoms with Crippen molar-refractivity contribution in [2.75, 3.05) is 0 Å². The van der Waals surface area contributed by atoms with Crippen LogP contribution in [0.1, 0.15) is 11.4 Å². The molecule has 7 heteroatoms. The Bertz CT molecular complexity index is 423. The molecular formula is C10H9Cl3N4. The van der Waals surface area contributed by atoms with Crippen molar-refractivity contribution in [2.24, 2.45) is 0 Å². The molecule has 0 N–H and O–H groups in total. The van der Waals surface area contributed by atoms with Crippen LogP contribution in [0, 0.1) is 6.92 Å². The second kappa shape index (κ2) is 7.37.